The van der Waals surface area contributed by atoms with E-state index in [0.29, 0.717) is 32.5 Å². The number of hydrogen-bond acceptors (Lipinski definition) is 4. The van der Waals surface area contributed by atoms with Crippen LogP contribution in [0.2, 0.25) is 0 Å². The summed E-state index contributed by atoms with van der Waals surface area (Å²) >= 11 is 0. The number of carbonyl (C=O) groups is 1. The number of piperidine rings is 1. The van der Waals surface area contributed by atoms with Crippen molar-refractivity contribution in [1.82, 2.24) is 14.7 Å². The SMILES string of the molecule is Cn1ccc(CN2CCC3(CC2)CN(c2ccc(F)cc2)C(=O)C(F)(F)O3)n1. The van der Waals surface area contributed by atoms with E-state index < -0.39 is 23.4 Å². The third kappa shape index (κ3) is 3.64. The van der Waals surface area contributed by atoms with Crippen molar-refractivity contribution in [2.24, 2.45) is 7.05 Å². The molecule has 0 aliphatic carbocycles. The maximum Gasteiger partial charge on any atom is 0.437 e. The molecule has 1 amide bonds. The third-order valence-electron chi connectivity index (χ3n) is 5.35. The number of benzene rings is 1. The van der Waals surface area contributed by atoms with E-state index in [1.165, 1.54) is 12.1 Å². The standard InChI is InChI=1S/C19H21F3N4O2/c1-24-9-6-15(23-24)12-25-10-7-18(8-11-25)13-26(17(27)19(21,22)28-18)16-4-2-14(20)3-5-16/h2-6,9H,7-8,10-13H2,1H3. The molecule has 3 heterocycles. The van der Waals surface area contributed by atoms with Gasteiger partial charge in [-0.25, -0.2) is 4.39 Å². The van der Waals surface area contributed by atoms with Crippen LogP contribution in [0.4, 0.5) is 18.9 Å². The van der Waals surface area contributed by atoms with E-state index >= 15 is 0 Å². The van der Waals surface area contributed by atoms with Gasteiger partial charge in [0.25, 0.3) is 0 Å². The topological polar surface area (TPSA) is 50.6 Å². The van der Waals surface area contributed by atoms with Gasteiger partial charge in [-0.2, -0.15) is 13.9 Å². The van der Waals surface area contributed by atoms with Crippen LogP contribution in [0.3, 0.4) is 0 Å². The van der Waals surface area contributed by atoms with Gasteiger partial charge in [-0.1, -0.05) is 0 Å². The summed E-state index contributed by atoms with van der Waals surface area (Å²) in [4.78, 5) is 15.3. The Kier molecular flexibility index (Phi) is 4.67. The molecular weight excluding hydrogens is 373 g/mol. The summed E-state index contributed by atoms with van der Waals surface area (Å²) in [6.07, 6.45) is -1.33. The Hall–Kier alpha value is -2.39. The highest BCUT2D eigenvalue weighted by atomic mass is 19.3. The molecule has 1 aromatic carbocycles. The second kappa shape index (κ2) is 6.89. The van der Waals surface area contributed by atoms with Crippen LogP contribution in [-0.2, 0) is 23.1 Å². The lowest BCUT2D eigenvalue weighted by atomic mass is 9.88. The van der Waals surface area contributed by atoms with Crippen molar-refractivity contribution in [3.8, 4) is 0 Å². The summed E-state index contributed by atoms with van der Waals surface area (Å²) in [7, 11) is 1.84. The molecule has 2 aliphatic heterocycles. The number of morpholine rings is 1. The molecular formula is C19H21F3N4O2. The maximum absolute atomic E-state index is 14.4. The second-order valence-corrected chi connectivity index (χ2v) is 7.43. The normalized spacial score (nSPS) is 22.0. The molecule has 2 saturated heterocycles. The zero-order chi connectivity index (χ0) is 19.9. The highest BCUT2D eigenvalue weighted by Gasteiger charge is 2.57. The van der Waals surface area contributed by atoms with Crippen molar-refractivity contribution in [3.63, 3.8) is 0 Å². The zero-order valence-electron chi connectivity index (χ0n) is 15.4. The largest absolute Gasteiger partial charge is 0.437 e. The van der Waals surface area contributed by atoms with Gasteiger partial charge >= 0.3 is 12.0 Å². The maximum atomic E-state index is 14.4. The Morgan fingerprint density at radius 3 is 2.43 bits per heavy atom. The highest BCUT2D eigenvalue weighted by Crippen LogP contribution is 2.40. The van der Waals surface area contributed by atoms with Crippen molar-refractivity contribution in [1.29, 1.82) is 0 Å². The minimum atomic E-state index is -3.91. The molecule has 9 heteroatoms. The lowest BCUT2D eigenvalue weighted by Gasteiger charge is -2.48. The van der Waals surface area contributed by atoms with Crippen LogP contribution in [-0.4, -0.2) is 51.9 Å². The highest BCUT2D eigenvalue weighted by molar-refractivity contribution is 5.98. The van der Waals surface area contributed by atoms with Crippen LogP contribution in [0.1, 0.15) is 18.5 Å². The Morgan fingerprint density at radius 1 is 1.14 bits per heavy atom. The van der Waals surface area contributed by atoms with Crippen molar-refractivity contribution in [2.45, 2.75) is 31.1 Å². The smallest absolute Gasteiger partial charge is 0.304 e. The second-order valence-electron chi connectivity index (χ2n) is 7.43. The van der Waals surface area contributed by atoms with Crippen molar-refractivity contribution < 1.29 is 22.7 Å². The number of anilines is 1. The molecule has 2 fully saturated rings. The molecule has 0 bridgehead atoms. The number of rotatable bonds is 3. The summed E-state index contributed by atoms with van der Waals surface area (Å²) in [6.45, 7) is 1.76. The molecule has 150 valence electrons. The minimum absolute atomic E-state index is 0.0183. The zero-order valence-corrected chi connectivity index (χ0v) is 15.4. The fourth-order valence-corrected chi connectivity index (χ4v) is 3.85. The van der Waals surface area contributed by atoms with Crippen molar-refractivity contribution >= 4 is 11.6 Å². The summed E-state index contributed by atoms with van der Waals surface area (Å²) in [5, 5.41) is 4.34. The molecule has 4 rings (SSSR count). The van der Waals surface area contributed by atoms with Gasteiger partial charge in [-0.3, -0.25) is 14.4 Å². The van der Waals surface area contributed by atoms with E-state index in [1.54, 1.807) is 4.68 Å². The Morgan fingerprint density at radius 2 is 1.82 bits per heavy atom. The van der Waals surface area contributed by atoms with Gasteiger partial charge in [0.05, 0.1) is 17.8 Å². The van der Waals surface area contributed by atoms with Gasteiger partial charge in [-0.05, 0) is 43.2 Å². The predicted octanol–water partition coefficient (Wildman–Crippen LogP) is 2.55. The average molecular weight is 394 g/mol. The number of amides is 1. The third-order valence-corrected chi connectivity index (χ3v) is 5.35. The van der Waals surface area contributed by atoms with Crippen molar-refractivity contribution in [3.05, 3.63) is 48.0 Å². The fraction of sp³-hybridized carbons (Fsp3) is 0.474. The Bertz CT molecular complexity index is 860. The number of halogens is 3. The first-order chi connectivity index (χ1) is 13.3. The summed E-state index contributed by atoms with van der Waals surface area (Å²) in [5.41, 5.74) is 0.0213. The first kappa shape index (κ1) is 18.9. The monoisotopic (exact) mass is 394 g/mol. The molecule has 2 aliphatic rings. The van der Waals surface area contributed by atoms with Gasteiger partial charge in [-0.15, -0.1) is 0 Å². The number of ether oxygens (including phenoxy) is 1. The number of nitrogens with zero attached hydrogens (tertiary/aromatic N) is 4. The van der Waals surface area contributed by atoms with Crippen LogP contribution in [0, 0.1) is 5.82 Å². The first-order valence-electron chi connectivity index (χ1n) is 9.13. The van der Waals surface area contributed by atoms with Gasteiger partial charge in [0.2, 0.25) is 0 Å². The van der Waals surface area contributed by atoms with Crippen LogP contribution in [0.15, 0.2) is 36.5 Å². The van der Waals surface area contributed by atoms with Gasteiger partial charge in [0.15, 0.2) is 0 Å². The number of likely N-dealkylation sites (tertiary alicyclic amines) is 1. The molecule has 1 aromatic heterocycles. The van der Waals surface area contributed by atoms with Crippen LogP contribution in [0.5, 0.6) is 0 Å². The number of hydrogen-bond donors (Lipinski definition) is 0. The van der Waals surface area contributed by atoms with Gasteiger partial charge in [0.1, 0.15) is 5.82 Å². The molecule has 0 atom stereocenters. The lowest BCUT2D eigenvalue weighted by Crippen LogP contribution is -2.64. The average Bonchev–Trinajstić information content (AvgIpc) is 3.06. The van der Waals surface area contributed by atoms with E-state index in [9.17, 15) is 18.0 Å². The van der Waals surface area contributed by atoms with E-state index in [1.807, 2.05) is 19.3 Å². The number of aryl methyl sites for hydroxylation is 1. The molecule has 0 unspecified atom stereocenters. The molecule has 0 radical (unpaired) electrons. The van der Waals surface area contributed by atoms with Gasteiger partial charge < -0.3 is 9.64 Å². The van der Waals surface area contributed by atoms with E-state index in [2.05, 4.69) is 10.00 Å². The van der Waals surface area contributed by atoms with E-state index in [0.717, 1.165) is 22.7 Å². The minimum Gasteiger partial charge on any atom is -0.304 e. The van der Waals surface area contributed by atoms with E-state index in [4.69, 9.17) is 4.74 Å². The van der Waals surface area contributed by atoms with Crippen LogP contribution < -0.4 is 4.90 Å². The number of aromatic nitrogens is 2. The summed E-state index contributed by atoms with van der Waals surface area (Å²) in [5.74, 6) is -1.91. The predicted molar refractivity (Wildman–Crippen MR) is 95.2 cm³/mol. The molecule has 2 aromatic rings. The summed E-state index contributed by atoms with van der Waals surface area (Å²) < 4.78 is 48.7. The number of carbonyl (C=O) groups excluding carboxylic acids is 1. The molecule has 0 N–H and O–H groups in total. The molecule has 0 saturated carbocycles. The summed E-state index contributed by atoms with van der Waals surface area (Å²) in [6, 6.07) is 6.89. The Labute approximate surface area is 160 Å². The Balaban J connectivity index is 1.49. The molecule has 28 heavy (non-hydrogen) atoms. The fourth-order valence-electron chi connectivity index (χ4n) is 3.85. The molecule has 6 nitrogen and oxygen atoms in total. The number of alkyl halides is 2. The van der Waals surface area contributed by atoms with Gasteiger partial charge in [0, 0.05) is 38.6 Å². The molecule has 1 spiro atoms. The van der Waals surface area contributed by atoms with Crippen LogP contribution >= 0.6 is 0 Å². The van der Waals surface area contributed by atoms with E-state index in [-0.39, 0.29) is 12.2 Å². The first-order valence-corrected chi connectivity index (χ1v) is 9.13. The van der Waals surface area contributed by atoms with Crippen molar-refractivity contribution in [2.75, 3.05) is 24.5 Å². The quantitative estimate of drug-likeness (QED) is 0.803. The van der Waals surface area contributed by atoms with Crippen LogP contribution in [0.25, 0.3) is 0 Å². The lowest BCUT2D eigenvalue weighted by molar-refractivity contribution is -0.293.